The lowest BCUT2D eigenvalue weighted by Crippen LogP contribution is -2.47. The Bertz CT molecular complexity index is 1250. The van der Waals surface area contributed by atoms with Crippen LogP contribution in [0.25, 0.3) is 21.0 Å². The van der Waals surface area contributed by atoms with E-state index in [2.05, 4.69) is 33.4 Å². The number of fused-ring (bicyclic) bond motifs is 2. The summed E-state index contributed by atoms with van der Waals surface area (Å²) >= 11 is 8.36. The summed E-state index contributed by atoms with van der Waals surface area (Å²) < 4.78 is 6.61. The topological polar surface area (TPSA) is 57.6 Å². The number of hydrogen-bond donors (Lipinski definition) is 2. The molecule has 0 amide bonds. The number of hydrogen-bond acceptors (Lipinski definition) is 6. The van der Waals surface area contributed by atoms with E-state index in [1.165, 1.54) is 9.58 Å². The largest absolute Gasteiger partial charge is 0.497 e. The van der Waals surface area contributed by atoms with Gasteiger partial charge in [0.05, 0.1) is 17.6 Å². The molecule has 0 radical (unpaired) electrons. The summed E-state index contributed by atoms with van der Waals surface area (Å²) in [5.74, 6) is 0.803. The Kier molecular flexibility index (Phi) is 6.81. The second-order valence-electron chi connectivity index (χ2n) is 8.56. The number of aromatic nitrogens is 1. The van der Waals surface area contributed by atoms with Gasteiger partial charge in [-0.1, -0.05) is 29.8 Å². The molecule has 0 aliphatic carbocycles. The van der Waals surface area contributed by atoms with Crippen molar-refractivity contribution in [2.45, 2.75) is 38.1 Å². The van der Waals surface area contributed by atoms with Crippen LogP contribution in [0.4, 0.5) is 0 Å². The van der Waals surface area contributed by atoms with Crippen molar-refractivity contribution in [3.05, 3.63) is 70.2 Å². The standard InChI is InChI=1S/C26H28ClN3O2S/c1-32-19-6-7-22-21(15-19)17(8-11-28-22)14-25(31)30-12-9-18(10-13-30)29-16-24-26(27)20-4-2-3-5-23(20)33-24/h2-8,11,15,18,25,29,31H,9-10,12-14,16H2,1H3/t25-/m1/s1. The van der Waals surface area contributed by atoms with Crippen LogP contribution in [-0.4, -0.2) is 47.5 Å². The van der Waals surface area contributed by atoms with Crippen molar-refractivity contribution in [2.75, 3.05) is 20.2 Å². The van der Waals surface area contributed by atoms with Crippen LogP contribution in [0.15, 0.2) is 54.7 Å². The number of ether oxygens (including phenoxy) is 1. The Balaban J connectivity index is 1.17. The zero-order valence-electron chi connectivity index (χ0n) is 18.6. The fourth-order valence-electron chi connectivity index (χ4n) is 4.63. The Morgan fingerprint density at radius 1 is 1.18 bits per heavy atom. The van der Waals surface area contributed by atoms with Crippen molar-refractivity contribution < 1.29 is 9.84 Å². The summed E-state index contributed by atoms with van der Waals surface area (Å²) in [6.07, 6.45) is 3.88. The molecule has 2 aromatic carbocycles. The molecule has 0 unspecified atom stereocenters. The number of rotatable bonds is 7. The lowest BCUT2D eigenvalue weighted by atomic mass is 10.0. The van der Waals surface area contributed by atoms with Crippen molar-refractivity contribution in [1.82, 2.24) is 15.2 Å². The molecule has 1 fully saturated rings. The molecule has 3 heterocycles. The number of halogens is 1. The molecule has 2 N–H and O–H groups in total. The van der Waals surface area contributed by atoms with E-state index in [1.54, 1.807) is 18.4 Å². The molecule has 172 valence electrons. The van der Waals surface area contributed by atoms with E-state index in [1.807, 2.05) is 36.5 Å². The zero-order chi connectivity index (χ0) is 22.8. The third-order valence-electron chi connectivity index (χ3n) is 6.55. The maximum absolute atomic E-state index is 11.0. The van der Waals surface area contributed by atoms with Crippen molar-refractivity contribution >= 4 is 43.9 Å². The number of aliphatic hydroxyl groups excluding tert-OH is 1. The first-order chi connectivity index (χ1) is 16.1. The molecule has 1 aliphatic rings. The van der Waals surface area contributed by atoms with Gasteiger partial charge in [-0.15, -0.1) is 11.3 Å². The predicted octanol–water partition coefficient (Wildman–Crippen LogP) is 5.23. The van der Waals surface area contributed by atoms with Crippen molar-refractivity contribution in [1.29, 1.82) is 0 Å². The molecule has 1 aliphatic heterocycles. The fraction of sp³-hybridized carbons (Fsp3) is 0.346. The highest BCUT2D eigenvalue weighted by molar-refractivity contribution is 7.19. The molecule has 0 bridgehead atoms. The van der Waals surface area contributed by atoms with Gasteiger partial charge in [0.1, 0.15) is 12.0 Å². The smallest absolute Gasteiger partial charge is 0.119 e. The SMILES string of the molecule is COc1ccc2nccc(C[C@@H](O)N3CCC(NCc4sc5ccccc5c4Cl)CC3)c2c1. The summed E-state index contributed by atoms with van der Waals surface area (Å²) in [6, 6.07) is 16.6. The second-order valence-corrected chi connectivity index (χ2v) is 10.1. The quantitative estimate of drug-likeness (QED) is 0.378. The molecule has 2 aromatic heterocycles. The summed E-state index contributed by atoms with van der Waals surface area (Å²) in [5.41, 5.74) is 2.01. The van der Waals surface area contributed by atoms with Crippen LogP contribution >= 0.6 is 22.9 Å². The number of aliphatic hydroxyl groups is 1. The minimum atomic E-state index is -0.514. The van der Waals surface area contributed by atoms with Gasteiger partial charge in [-0.3, -0.25) is 9.88 Å². The molecule has 5 nitrogen and oxygen atoms in total. The van der Waals surface area contributed by atoms with E-state index in [0.717, 1.165) is 65.1 Å². The number of thiophene rings is 1. The minimum Gasteiger partial charge on any atom is -0.497 e. The Morgan fingerprint density at radius 2 is 2.00 bits per heavy atom. The van der Waals surface area contributed by atoms with Gasteiger partial charge >= 0.3 is 0 Å². The summed E-state index contributed by atoms with van der Waals surface area (Å²) in [6.45, 7) is 2.52. The van der Waals surface area contributed by atoms with Crippen LogP contribution in [0.5, 0.6) is 5.75 Å². The maximum atomic E-state index is 11.0. The number of benzene rings is 2. The zero-order valence-corrected chi connectivity index (χ0v) is 20.2. The summed E-state index contributed by atoms with van der Waals surface area (Å²) in [4.78, 5) is 7.82. The van der Waals surface area contributed by atoms with Gasteiger partial charge in [0.25, 0.3) is 0 Å². The molecule has 1 saturated heterocycles. The first-order valence-corrected chi connectivity index (χ1v) is 12.5. The van der Waals surface area contributed by atoms with Gasteiger partial charge in [-0.25, -0.2) is 0 Å². The lowest BCUT2D eigenvalue weighted by molar-refractivity contribution is -0.0119. The van der Waals surface area contributed by atoms with Crippen LogP contribution in [-0.2, 0) is 13.0 Å². The molecular weight excluding hydrogens is 454 g/mol. The Hall–Kier alpha value is -2.22. The molecule has 33 heavy (non-hydrogen) atoms. The van der Waals surface area contributed by atoms with E-state index in [9.17, 15) is 5.11 Å². The number of nitrogens with one attached hydrogen (secondary N) is 1. The van der Waals surface area contributed by atoms with Gasteiger partial charge in [-0.2, -0.15) is 0 Å². The van der Waals surface area contributed by atoms with Gasteiger partial charge in [0.2, 0.25) is 0 Å². The molecule has 5 rings (SSSR count). The molecular formula is C26H28ClN3O2S. The van der Waals surface area contributed by atoms with Crippen LogP contribution < -0.4 is 10.1 Å². The van der Waals surface area contributed by atoms with Gasteiger partial charge < -0.3 is 15.2 Å². The third kappa shape index (κ3) is 4.86. The third-order valence-corrected chi connectivity index (χ3v) is 8.26. The van der Waals surface area contributed by atoms with E-state index in [0.29, 0.717) is 12.5 Å². The van der Waals surface area contributed by atoms with E-state index in [4.69, 9.17) is 16.3 Å². The van der Waals surface area contributed by atoms with Crippen LogP contribution in [0.3, 0.4) is 0 Å². The molecule has 1 atom stereocenters. The number of piperidine rings is 1. The monoisotopic (exact) mass is 481 g/mol. The van der Waals surface area contributed by atoms with Gasteiger partial charge in [0.15, 0.2) is 0 Å². The average molecular weight is 482 g/mol. The van der Waals surface area contributed by atoms with Crippen LogP contribution in [0.1, 0.15) is 23.3 Å². The number of nitrogens with zero attached hydrogens (tertiary/aromatic N) is 2. The highest BCUT2D eigenvalue weighted by Crippen LogP contribution is 2.35. The van der Waals surface area contributed by atoms with E-state index >= 15 is 0 Å². The lowest BCUT2D eigenvalue weighted by Gasteiger charge is -2.35. The number of methoxy groups -OCH3 is 1. The minimum absolute atomic E-state index is 0.431. The average Bonchev–Trinajstić information content (AvgIpc) is 3.18. The van der Waals surface area contributed by atoms with Gasteiger partial charge in [0, 0.05) is 58.6 Å². The molecule has 0 spiro atoms. The van der Waals surface area contributed by atoms with Crippen LogP contribution in [0.2, 0.25) is 5.02 Å². The molecule has 4 aromatic rings. The Labute approximate surface area is 203 Å². The Morgan fingerprint density at radius 3 is 2.79 bits per heavy atom. The highest BCUT2D eigenvalue weighted by atomic mass is 35.5. The van der Waals surface area contributed by atoms with E-state index < -0.39 is 6.23 Å². The molecule has 0 saturated carbocycles. The predicted molar refractivity (Wildman–Crippen MR) is 136 cm³/mol. The highest BCUT2D eigenvalue weighted by Gasteiger charge is 2.24. The normalized spacial score (nSPS) is 16.5. The second kappa shape index (κ2) is 9.95. The fourth-order valence-corrected chi connectivity index (χ4v) is 6.08. The first kappa shape index (κ1) is 22.6. The maximum Gasteiger partial charge on any atom is 0.119 e. The summed E-state index contributed by atoms with van der Waals surface area (Å²) in [7, 11) is 1.67. The van der Waals surface area contributed by atoms with Gasteiger partial charge in [-0.05, 0) is 48.7 Å². The van der Waals surface area contributed by atoms with Crippen molar-refractivity contribution in [2.24, 2.45) is 0 Å². The van der Waals surface area contributed by atoms with E-state index in [-0.39, 0.29) is 0 Å². The summed E-state index contributed by atoms with van der Waals surface area (Å²) in [5, 5.41) is 17.7. The molecule has 7 heteroatoms. The van der Waals surface area contributed by atoms with Crippen molar-refractivity contribution in [3.63, 3.8) is 0 Å². The first-order valence-electron chi connectivity index (χ1n) is 11.4. The van der Waals surface area contributed by atoms with Crippen LogP contribution in [0, 0.1) is 0 Å². The van der Waals surface area contributed by atoms with Crippen molar-refractivity contribution in [3.8, 4) is 5.75 Å². The number of pyridine rings is 1. The number of likely N-dealkylation sites (tertiary alicyclic amines) is 1.